The summed E-state index contributed by atoms with van der Waals surface area (Å²) < 4.78 is 0. The fraction of sp³-hybridized carbons (Fsp3) is 0.455. The Morgan fingerprint density at radius 1 is 1.50 bits per heavy atom. The van der Waals surface area contributed by atoms with E-state index in [0.717, 1.165) is 18.0 Å². The summed E-state index contributed by atoms with van der Waals surface area (Å²) in [6, 6.07) is 8.77. The number of hydrogen-bond acceptors (Lipinski definition) is 2. The van der Waals surface area contributed by atoms with Crippen LogP contribution in [0.2, 0.25) is 5.02 Å². The summed E-state index contributed by atoms with van der Waals surface area (Å²) in [5, 5.41) is 0.802. The van der Waals surface area contributed by atoms with Crippen molar-refractivity contribution in [3.05, 3.63) is 34.9 Å². The SMILES string of the molecule is CN1CC(N)CC1c1cccc(Cl)c1. The number of nitrogens with two attached hydrogens (primary N) is 1. The molecule has 0 spiro atoms. The van der Waals surface area contributed by atoms with Gasteiger partial charge in [0.2, 0.25) is 0 Å². The summed E-state index contributed by atoms with van der Waals surface area (Å²) in [4.78, 5) is 2.29. The molecule has 0 bridgehead atoms. The van der Waals surface area contributed by atoms with Crippen molar-refractivity contribution in [1.82, 2.24) is 4.90 Å². The highest BCUT2D eigenvalue weighted by molar-refractivity contribution is 6.30. The van der Waals surface area contributed by atoms with Crippen LogP contribution in [0.15, 0.2) is 24.3 Å². The molecule has 1 aliphatic rings. The number of likely N-dealkylation sites (tertiary alicyclic amines) is 1. The lowest BCUT2D eigenvalue weighted by atomic mass is 10.0. The predicted molar refractivity (Wildman–Crippen MR) is 59.4 cm³/mol. The van der Waals surface area contributed by atoms with Crippen LogP contribution in [0.3, 0.4) is 0 Å². The van der Waals surface area contributed by atoms with Gasteiger partial charge in [-0.25, -0.2) is 0 Å². The van der Waals surface area contributed by atoms with Gasteiger partial charge >= 0.3 is 0 Å². The molecule has 1 heterocycles. The molecule has 0 aromatic heterocycles. The van der Waals surface area contributed by atoms with Crippen molar-refractivity contribution in [2.75, 3.05) is 13.6 Å². The number of hydrogen-bond donors (Lipinski definition) is 1. The first-order chi connectivity index (χ1) is 6.66. The van der Waals surface area contributed by atoms with Crippen molar-refractivity contribution in [3.8, 4) is 0 Å². The molecule has 0 aliphatic carbocycles. The van der Waals surface area contributed by atoms with Crippen LogP contribution >= 0.6 is 11.6 Å². The molecule has 0 amide bonds. The number of rotatable bonds is 1. The summed E-state index contributed by atoms with van der Waals surface area (Å²) >= 11 is 5.96. The molecular weight excluding hydrogens is 196 g/mol. The van der Waals surface area contributed by atoms with E-state index < -0.39 is 0 Å². The maximum Gasteiger partial charge on any atom is 0.0409 e. The molecule has 2 nitrogen and oxygen atoms in total. The zero-order chi connectivity index (χ0) is 10.1. The molecule has 0 saturated carbocycles. The Kier molecular flexibility index (Phi) is 2.77. The maximum absolute atomic E-state index is 5.96. The quantitative estimate of drug-likeness (QED) is 0.769. The van der Waals surface area contributed by atoms with Gasteiger partial charge in [0.25, 0.3) is 0 Å². The van der Waals surface area contributed by atoms with E-state index in [1.54, 1.807) is 0 Å². The van der Waals surface area contributed by atoms with Crippen LogP contribution in [-0.2, 0) is 0 Å². The van der Waals surface area contributed by atoms with Crippen molar-refractivity contribution in [2.24, 2.45) is 5.73 Å². The smallest absolute Gasteiger partial charge is 0.0409 e. The van der Waals surface area contributed by atoms with Gasteiger partial charge in [0, 0.05) is 23.7 Å². The molecule has 1 fully saturated rings. The average Bonchev–Trinajstić information content (AvgIpc) is 2.45. The minimum absolute atomic E-state index is 0.295. The third kappa shape index (κ3) is 1.92. The van der Waals surface area contributed by atoms with Crippen LogP contribution in [-0.4, -0.2) is 24.5 Å². The highest BCUT2D eigenvalue weighted by atomic mass is 35.5. The lowest BCUT2D eigenvalue weighted by Gasteiger charge is -2.19. The molecule has 2 rings (SSSR count). The number of nitrogens with zero attached hydrogens (tertiary/aromatic N) is 1. The van der Waals surface area contributed by atoms with E-state index in [2.05, 4.69) is 18.0 Å². The third-order valence-corrected chi connectivity index (χ3v) is 3.05. The molecule has 2 N–H and O–H groups in total. The molecule has 2 atom stereocenters. The average molecular weight is 211 g/mol. The molecule has 1 saturated heterocycles. The largest absolute Gasteiger partial charge is 0.326 e. The van der Waals surface area contributed by atoms with E-state index in [4.69, 9.17) is 17.3 Å². The van der Waals surface area contributed by atoms with Crippen LogP contribution < -0.4 is 5.73 Å². The summed E-state index contributed by atoms with van der Waals surface area (Å²) in [6.07, 6.45) is 1.02. The second-order valence-electron chi connectivity index (χ2n) is 4.01. The van der Waals surface area contributed by atoms with Crippen molar-refractivity contribution < 1.29 is 0 Å². The number of halogens is 1. The Morgan fingerprint density at radius 2 is 2.29 bits per heavy atom. The van der Waals surface area contributed by atoms with Crippen LogP contribution in [0.25, 0.3) is 0 Å². The van der Waals surface area contributed by atoms with Gasteiger partial charge < -0.3 is 5.73 Å². The second-order valence-corrected chi connectivity index (χ2v) is 4.44. The molecule has 1 aromatic rings. The van der Waals surface area contributed by atoms with Crippen LogP contribution in [0.1, 0.15) is 18.0 Å². The highest BCUT2D eigenvalue weighted by Gasteiger charge is 2.27. The van der Waals surface area contributed by atoms with Crippen molar-refractivity contribution >= 4 is 11.6 Å². The van der Waals surface area contributed by atoms with Gasteiger partial charge in [-0.05, 0) is 31.2 Å². The van der Waals surface area contributed by atoms with E-state index in [9.17, 15) is 0 Å². The topological polar surface area (TPSA) is 29.3 Å². The summed E-state index contributed by atoms with van der Waals surface area (Å²) in [5.41, 5.74) is 7.19. The van der Waals surface area contributed by atoms with E-state index in [-0.39, 0.29) is 0 Å². The molecule has 14 heavy (non-hydrogen) atoms. The van der Waals surface area contributed by atoms with E-state index in [1.807, 2.05) is 18.2 Å². The van der Waals surface area contributed by atoms with Crippen LogP contribution in [0.4, 0.5) is 0 Å². The maximum atomic E-state index is 5.96. The number of likely N-dealkylation sites (N-methyl/N-ethyl adjacent to an activating group) is 1. The van der Waals surface area contributed by atoms with Gasteiger partial charge in [-0.15, -0.1) is 0 Å². The van der Waals surface area contributed by atoms with Gasteiger partial charge in [-0.2, -0.15) is 0 Å². The fourth-order valence-electron chi connectivity index (χ4n) is 2.14. The minimum Gasteiger partial charge on any atom is -0.326 e. The van der Waals surface area contributed by atoms with E-state index in [1.165, 1.54) is 5.56 Å². The lowest BCUT2D eigenvalue weighted by Crippen LogP contribution is -2.24. The first-order valence-corrected chi connectivity index (χ1v) is 5.26. The lowest BCUT2D eigenvalue weighted by molar-refractivity contribution is 0.316. The first-order valence-electron chi connectivity index (χ1n) is 4.88. The Balaban J connectivity index is 2.23. The molecule has 76 valence electrons. The third-order valence-electron chi connectivity index (χ3n) is 2.81. The fourth-order valence-corrected chi connectivity index (χ4v) is 2.34. The van der Waals surface area contributed by atoms with Crippen LogP contribution in [0, 0.1) is 0 Å². The van der Waals surface area contributed by atoms with Crippen LogP contribution in [0.5, 0.6) is 0 Å². The van der Waals surface area contributed by atoms with Gasteiger partial charge in [0.15, 0.2) is 0 Å². The normalized spacial score (nSPS) is 28.2. The minimum atomic E-state index is 0.295. The van der Waals surface area contributed by atoms with Crippen molar-refractivity contribution in [1.29, 1.82) is 0 Å². The molecule has 1 aliphatic heterocycles. The zero-order valence-electron chi connectivity index (χ0n) is 8.28. The Labute approximate surface area is 89.7 Å². The number of benzene rings is 1. The summed E-state index contributed by atoms with van der Waals surface area (Å²) in [7, 11) is 2.11. The first kappa shape index (κ1) is 9.97. The van der Waals surface area contributed by atoms with E-state index >= 15 is 0 Å². The van der Waals surface area contributed by atoms with Gasteiger partial charge in [0.05, 0.1) is 0 Å². The summed E-state index contributed by atoms with van der Waals surface area (Å²) in [5.74, 6) is 0. The molecular formula is C11H15ClN2. The van der Waals surface area contributed by atoms with Gasteiger partial charge in [0.1, 0.15) is 0 Å². The predicted octanol–water partition coefficient (Wildman–Crippen LogP) is 2.04. The molecule has 0 radical (unpaired) electrons. The Bertz CT molecular complexity index is 327. The van der Waals surface area contributed by atoms with Gasteiger partial charge in [-0.3, -0.25) is 4.90 Å². The highest BCUT2D eigenvalue weighted by Crippen LogP contribution is 2.30. The second kappa shape index (κ2) is 3.89. The molecule has 1 aromatic carbocycles. The van der Waals surface area contributed by atoms with Gasteiger partial charge in [-0.1, -0.05) is 23.7 Å². The Morgan fingerprint density at radius 3 is 2.86 bits per heavy atom. The van der Waals surface area contributed by atoms with Crippen molar-refractivity contribution in [3.63, 3.8) is 0 Å². The Hall–Kier alpha value is -0.570. The standard InChI is InChI=1S/C11H15ClN2/c1-14-7-10(13)6-11(14)8-3-2-4-9(12)5-8/h2-5,10-11H,6-7,13H2,1H3. The molecule has 3 heteroatoms. The molecule has 2 unspecified atom stereocenters. The van der Waals surface area contributed by atoms with E-state index in [0.29, 0.717) is 12.1 Å². The monoisotopic (exact) mass is 210 g/mol. The summed E-state index contributed by atoms with van der Waals surface area (Å²) in [6.45, 7) is 0.969. The van der Waals surface area contributed by atoms with Crippen molar-refractivity contribution in [2.45, 2.75) is 18.5 Å². The zero-order valence-corrected chi connectivity index (χ0v) is 9.04.